The second-order valence-corrected chi connectivity index (χ2v) is 6.24. The molecule has 4 nitrogen and oxygen atoms in total. The molecule has 0 aromatic carbocycles. The van der Waals surface area contributed by atoms with E-state index < -0.39 is 0 Å². The molecule has 0 radical (unpaired) electrons. The standard InChI is InChI=1S/C14H30N2O2/c1-5-18-13-6-8-16(9-7-13)11-12(17)10-15-14(2,3)4/h12-13,15,17H,5-11H2,1-4H3. The third-order valence-corrected chi connectivity index (χ3v) is 3.27. The van der Waals surface area contributed by atoms with E-state index in [2.05, 4.69) is 31.0 Å². The molecular weight excluding hydrogens is 228 g/mol. The van der Waals surface area contributed by atoms with Crippen LogP contribution < -0.4 is 5.32 Å². The van der Waals surface area contributed by atoms with E-state index in [1.54, 1.807) is 0 Å². The van der Waals surface area contributed by atoms with Crippen LogP contribution in [0.15, 0.2) is 0 Å². The number of ether oxygens (including phenoxy) is 1. The summed E-state index contributed by atoms with van der Waals surface area (Å²) in [7, 11) is 0. The van der Waals surface area contributed by atoms with Gasteiger partial charge < -0.3 is 20.1 Å². The first kappa shape index (κ1) is 15.9. The zero-order valence-corrected chi connectivity index (χ0v) is 12.4. The number of likely N-dealkylation sites (tertiary alicyclic amines) is 1. The minimum Gasteiger partial charge on any atom is -0.390 e. The molecule has 1 unspecified atom stereocenters. The van der Waals surface area contributed by atoms with E-state index in [-0.39, 0.29) is 11.6 Å². The van der Waals surface area contributed by atoms with Gasteiger partial charge in [-0.05, 0) is 40.5 Å². The maximum Gasteiger partial charge on any atom is 0.0791 e. The van der Waals surface area contributed by atoms with Crippen LogP contribution in [0.5, 0.6) is 0 Å². The van der Waals surface area contributed by atoms with E-state index >= 15 is 0 Å². The zero-order valence-electron chi connectivity index (χ0n) is 12.4. The van der Waals surface area contributed by atoms with Crippen molar-refractivity contribution in [1.29, 1.82) is 0 Å². The van der Waals surface area contributed by atoms with Crippen molar-refractivity contribution in [2.75, 3.05) is 32.8 Å². The number of piperidine rings is 1. The highest BCUT2D eigenvalue weighted by atomic mass is 16.5. The predicted octanol–water partition coefficient (Wildman–Crippen LogP) is 1.24. The van der Waals surface area contributed by atoms with Gasteiger partial charge in [-0.1, -0.05) is 0 Å². The van der Waals surface area contributed by atoms with Gasteiger partial charge in [0, 0.05) is 38.3 Å². The second kappa shape index (κ2) is 7.43. The van der Waals surface area contributed by atoms with Gasteiger partial charge in [0.05, 0.1) is 12.2 Å². The molecule has 0 spiro atoms. The van der Waals surface area contributed by atoms with Gasteiger partial charge in [0.1, 0.15) is 0 Å². The highest BCUT2D eigenvalue weighted by Gasteiger charge is 2.21. The first-order valence-electron chi connectivity index (χ1n) is 7.17. The Bertz CT molecular complexity index is 220. The molecule has 1 atom stereocenters. The summed E-state index contributed by atoms with van der Waals surface area (Å²) in [6.07, 6.45) is 2.32. The number of aliphatic hydroxyl groups is 1. The van der Waals surface area contributed by atoms with E-state index in [4.69, 9.17) is 4.74 Å². The summed E-state index contributed by atoms with van der Waals surface area (Å²) in [6, 6.07) is 0. The molecule has 0 aromatic rings. The average Bonchev–Trinajstić information content (AvgIpc) is 2.29. The maximum absolute atomic E-state index is 10.00. The van der Waals surface area contributed by atoms with Crippen LogP contribution in [0.1, 0.15) is 40.5 Å². The molecule has 1 heterocycles. The van der Waals surface area contributed by atoms with Gasteiger partial charge in [0.25, 0.3) is 0 Å². The number of hydrogen-bond acceptors (Lipinski definition) is 4. The fraction of sp³-hybridized carbons (Fsp3) is 1.00. The molecule has 4 heteroatoms. The summed E-state index contributed by atoms with van der Waals surface area (Å²) in [4.78, 5) is 2.34. The van der Waals surface area contributed by atoms with Gasteiger partial charge in [0.15, 0.2) is 0 Å². The van der Waals surface area contributed by atoms with Crippen molar-refractivity contribution in [3.63, 3.8) is 0 Å². The van der Waals surface area contributed by atoms with Crippen molar-refractivity contribution in [2.24, 2.45) is 0 Å². The molecule has 0 saturated carbocycles. The largest absolute Gasteiger partial charge is 0.390 e. The molecule has 1 aliphatic rings. The molecule has 1 aliphatic heterocycles. The lowest BCUT2D eigenvalue weighted by atomic mass is 10.1. The first-order valence-corrected chi connectivity index (χ1v) is 7.17. The summed E-state index contributed by atoms with van der Waals surface area (Å²) in [5, 5.41) is 13.3. The van der Waals surface area contributed by atoms with Crippen LogP contribution in [0.4, 0.5) is 0 Å². The van der Waals surface area contributed by atoms with Crippen LogP contribution in [0.25, 0.3) is 0 Å². The Balaban J connectivity index is 2.16. The number of rotatable bonds is 6. The van der Waals surface area contributed by atoms with Crippen LogP contribution in [0, 0.1) is 0 Å². The first-order chi connectivity index (χ1) is 8.40. The molecule has 0 amide bonds. The molecular formula is C14H30N2O2. The predicted molar refractivity (Wildman–Crippen MR) is 74.9 cm³/mol. The summed E-state index contributed by atoms with van der Waals surface area (Å²) >= 11 is 0. The minimum absolute atomic E-state index is 0.0724. The maximum atomic E-state index is 10.00. The van der Waals surface area contributed by atoms with Crippen LogP contribution in [-0.2, 0) is 4.74 Å². The van der Waals surface area contributed by atoms with E-state index in [1.807, 2.05) is 6.92 Å². The van der Waals surface area contributed by atoms with Crippen LogP contribution >= 0.6 is 0 Å². The highest BCUT2D eigenvalue weighted by Crippen LogP contribution is 2.13. The lowest BCUT2D eigenvalue weighted by molar-refractivity contribution is 0.00316. The quantitative estimate of drug-likeness (QED) is 0.752. The van der Waals surface area contributed by atoms with E-state index in [0.717, 1.165) is 39.1 Å². The molecule has 108 valence electrons. The molecule has 1 rings (SSSR count). The molecule has 18 heavy (non-hydrogen) atoms. The molecule has 1 fully saturated rings. The smallest absolute Gasteiger partial charge is 0.0791 e. The van der Waals surface area contributed by atoms with Gasteiger partial charge >= 0.3 is 0 Å². The Morgan fingerprint density at radius 1 is 1.33 bits per heavy atom. The van der Waals surface area contributed by atoms with Crippen molar-refractivity contribution in [1.82, 2.24) is 10.2 Å². The van der Waals surface area contributed by atoms with Gasteiger partial charge in [-0.2, -0.15) is 0 Å². The van der Waals surface area contributed by atoms with Crippen molar-refractivity contribution < 1.29 is 9.84 Å². The third kappa shape index (κ3) is 6.69. The molecule has 0 aliphatic carbocycles. The Morgan fingerprint density at radius 2 is 1.94 bits per heavy atom. The molecule has 1 saturated heterocycles. The minimum atomic E-state index is -0.284. The lowest BCUT2D eigenvalue weighted by Crippen LogP contribution is -2.47. The number of β-amino-alcohol motifs (C(OH)–C–C–N with tert-alkyl or cyclic N) is 1. The zero-order chi connectivity index (χ0) is 13.6. The van der Waals surface area contributed by atoms with Crippen LogP contribution in [0.2, 0.25) is 0 Å². The summed E-state index contributed by atoms with van der Waals surface area (Å²) in [6.45, 7) is 12.7. The number of hydrogen-bond donors (Lipinski definition) is 2. The average molecular weight is 258 g/mol. The topological polar surface area (TPSA) is 44.7 Å². The Labute approximate surface area is 112 Å². The van der Waals surface area contributed by atoms with Gasteiger partial charge in [-0.15, -0.1) is 0 Å². The van der Waals surface area contributed by atoms with E-state index in [1.165, 1.54) is 0 Å². The second-order valence-electron chi connectivity index (χ2n) is 6.24. The Morgan fingerprint density at radius 3 is 2.44 bits per heavy atom. The monoisotopic (exact) mass is 258 g/mol. The lowest BCUT2D eigenvalue weighted by Gasteiger charge is -2.33. The molecule has 0 bridgehead atoms. The Hall–Kier alpha value is -0.160. The van der Waals surface area contributed by atoms with Gasteiger partial charge in [-0.25, -0.2) is 0 Å². The van der Waals surface area contributed by atoms with Gasteiger partial charge in [-0.3, -0.25) is 0 Å². The van der Waals surface area contributed by atoms with Crippen molar-refractivity contribution in [2.45, 2.75) is 58.3 Å². The van der Waals surface area contributed by atoms with Crippen molar-refractivity contribution in [3.8, 4) is 0 Å². The van der Waals surface area contributed by atoms with E-state index in [9.17, 15) is 5.11 Å². The molecule has 2 N–H and O–H groups in total. The van der Waals surface area contributed by atoms with E-state index in [0.29, 0.717) is 12.6 Å². The summed E-state index contributed by atoms with van der Waals surface area (Å²) in [5.41, 5.74) is 0.0724. The Kier molecular flexibility index (Phi) is 6.57. The van der Waals surface area contributed by atoms with Crippen LogP contribution in [-0.4, -0.2) is 60.5 Å². The number of nitrogens with zero attached hydrogens (tertiary/aromatic N) is 1. The summed E-state index contributed by atoms with van der Waals surface area (Å²) in [5.74, 6) is 0. The normalized spacial score (nSPS) is 21.2. The number of aliphatic hydroxyl groups excluding tert-OH is 1. The van der Waals surface area contributed by atoms with Crippen LogP contribution in [0.3, 0.4) is 0 Å². The number of nitrogens with one attached hydrogen (secondary N) is 1. The SMILES string of the molecule is CCOC1CCN(CC(O)CNC(C)(C)C)CC1. The highest BCUT2D eigenvalue weighted by molar-refractivity contribution is 4.78. The van der Waals surface area contributed by atoms with Gasteiger partial charge in [0.2, 0.25) is 0 Å². The van der Waals surface area contributed by atoms with Crippen molar-refractivity contribution in [3.05, 3.63) is 0 Å². The summed E-state index contributed by atoms with van der Waals surface area (Å²) < 4.78 is 5.63. The fourth-order valence-corrected chi connectivity index (χ4v) is 2.28. The third-order valence-electron chi connectivity index (χ3n) is 3.27. The molecule has 0 aromatic heterocycles. The van der Waals surface area contributed by atoms with Crippen molar-refractivity contribution >= 4 is 0 Å². The fourth-order valence-electron chi connectivity index (χ4n) is 2.28.